The van der Waals surface area contributed by atoms with Crippen molar-refractivity contribution >= 4 is 11.6 Å². The summed E-state index contributed by atoms with van der Waals surface area (Å²) in [5.41, 5.74) is -0.990. The van der Waals surface area contributed by atoms with E-state index >= 15 is 0 Å². The van der Waals surface area contributed by atoms with Gasteiger partial charge in [-0.05, 0) is 55.4 Å². The highest BCUT2D eigenvalue weighted by molar-refractivity contribution is 5.98. The van der Waals surface area contributed by atoms with Crippen LogP contribution in [0.3, 0.4) is 0 Å². The fourth-order valence-corrected chi connectivity index (χ4v) is 2.54. The number of aromatic hydroxyl groups is 1. The van der Waals surface area contributed by atoms with Crippen LogP contribution >= 0.6 is 0 Å². The van der Waals surface area contributed by atoms with Crippen LogP contribution < -0.4 is 5.32 Å². The van der Waals surface area contributed by atoms with E-state index < -0.39 is 17.4 Å². The molecule has 1 aliphatic rings. The predicted molar refractivity (Wildman–Crippen MR) is 79.3 cm³/mol. The average molecular weight is 313 g/mol. The van der Waals surface area contributed by atoms with Crippen LogP contribution in [0.15, 0.2) is 12.1 Å². The fourth-order valence-electron chi connectivity index (χ4n) is 2.54. The molecule has 2 rings (SSSR count). The molecule has 1 saturated carbocycles. The highest BCUT2D eigenvalue weighted by Gasteiger charge is 2.61. The molecule has 0 aliphatic heterocycles. The van der Waals surface area contributed by atoms with Gasteiger partial charge in [-0.25, -0.2) is 0 Å². The SMILES string of the molecule is Cc1cc(O)c(C(C)C)cc1NC(=O)C(F)(F)C1(O)CCC1. The Hall–Kier alpha value is -1.69. The summed E-state index contributed by atoms with van der Waals surface area (Å²) in [5.74, 6) is -5.31. The zero-order valence-electron chi connectivity index (χ0n) is 12.9. The predicted octanol–water partition coefficient (Wildman–Crippen LogP) is 3.31. The van der Waals surface area contributed by atoms with Crippen molar-refractivity contribution in [2.75, 3.05) is 5.32 Å². The third-order valence-electron chi connectivity index (χ3n) is 4.29. The fraction of sp³-hybridized carbons (Fsp3) is 0.562. The van der Waals surface area contributed by atoms with Crippen molar-refractivity contribution in [3.63, 3.8) is 0 Å². The third kappa shape index (κ3) is 2.67. The number of anilines is 1. The molecule has 122 valence electrons. The minimum atomic E-state index is -3.84. The minimum Gasteiger partial charge on any atom is -0.508 e. The highest BCUT2D eigenvalue weighted by Crippen LogP contribution is 2.45. The van der Waals surface area contributed by atoms with E-state index in [-0.39, 0.29) is 30.2 Å². The zero-order chi connectivity index (χ0) is 16.7. The topological polar surface area (TPSA) is 69.6 Å². The van der Waals surface area contributed by atoms with E-state index in [0.29, 0.717) is 17.5 Å². The first-order valence-corrected chi connectivity index (χ1v) is 7.33. The molecule has 0 aromatic heterocycles. The Morgan fingerprint density at radius 3 is 2.41 bits per heavy atom. The molecule has 3 N–H and O–H groups in total. The number of nitrogens with one attached hydrogen (secondary N) is 1. The van der Waals surface area contributed by atoms with Gasteiger partial charge >= 0.3 is 5.92 Å². The molecule has 0 radical (unpaired) electrons. The molecule has 1 aliphatic carbocycles. The smallest absolute Gasteiger partial charge is 0.352 e. The second-order valence-corrected chi connectivity index (χ2v) is 6.29. The first kappa shape index (κ1) is 16.7. The molecule has 0 unspecified atom stereocenters. The molecule has 1 aromatic carbocycles. The average Bonchev–Trinajstić information content (AvgIpc) is 2.38. The summed E-state index contributed by atoms with van der Waals surface area (Å²) < 4.78 is 28.2. The number of halogens is 2. The Morgan fingerprint density at radius 1 is 1.36 bits per heavy atom. The molecule has 0 atom stereocenters. The van der Waals surface area contributed by atoms with E-state index in [1.54, 1.807) is 6.92 Å². The largest absolute Gasteiger partial charge is 0.508 e. The maximum atomic E-state index is 14.1. The maximum absolute atomic E-state index is 14.1. The number of phenolic OH excluding ortho intramolecular Hbond substituents is 1. The maximum Gasteiger partial charge on any atom is 0.352 e. The van der Waals surface area contributed by atoms with Crippen molar-refractivity contribution in [3.05, 3.63) is 23.3 Å². The Morgan fingerprint density at radius 2 is 1.95 bits per heavy atom. The van der Waals surface area contributed by atoms with Gasteiger partial charge in [-0.1, -0.05) is 13.8 Å². The van der Waals surface area contributed by atoms with Gasteiger partial charge in [0.15, 0.2) is 0 Å². The Bertz CT molecular complexity index is 595. The normalized spacial score (nSPS) is 17.2. The van der Waals surface area contributed by atoms with Crippen molar-refractivity contribution in [2.45, 2.75) is 57.5 Å². The van der Waals surface area contributed by atoms with E-state index in [9.17, 15) is 23.8 Å². The van der Waals surface area contributed by atoms with Crippen LogP contribution in [-0.2, 0) is 4.79 Å². The molecule has 6 heteroatoms. The van der Waals surface area contributed by atoms with Crippen LogP contribution in [0.4, 0.5) is 14.5 Å². The molecular formula is C16H21F2NO3. The Balaban J connectivity index is 2.27. The number of amides is 1. The number of hydrogen-bond acceptors (Lipinski definition) is 3. The van der Waals surface area contributed by atoms with E-state index in [1.807, 2.05) is 13.8 Å². The monoisotopic (exact) mass is 313 g/mol. The van der Waals surface area contributed by atoms with Crippen LogP contribution in [0.2, 0.25) is 0 Å². The van der Waals surface area contributed by atoms with Gasteiger partial charge in [-0.15, -0.1) is 0 Å². The van der Waals surface area contributed by atoms with E-state index in [2.05, 4.69) is 5.32 Å². The number of benzene rings is 1. The summed E-state index contributed by atoms with van der Waals surface area (Å²) in [7, 11) is 0. The number of hydrogen-bond donors (Lipinski definition) is 3. The van der Waals surface area contributed by atoms with Gasteiger partial charge in [0.25, 0.3) is 5.91 Å². The van der Waals surface area contributed by atoms with Crippen LogP contribution in [0.25, 0.3) is 0 Å². The molecule has 0 bridgehead atoms. The van der Waals surface area contributed by atoms with Crippen molar-refractivity contribution in [3.8, 4) is 5.75 Å². The highest BCUT2D eigenvalue weighted by atomic mass is 19.3. The number of phenols is 1. The number of aryl methyl sites for hydroxylation is 1. The standard InChI is InChI=1S/C16H21F2NO3/c1-9(2)11-8-12(10(3)7-13(11)20)19-14(21)16(17,18)15(22)5-4-6-15/h7-9,20,22H,4-6H2,1-3H3,(H,19,21). The number of rotatable bonds is 4. The van der Waals surface area contributed by atoms with Gasteiger partial charge in [0.05, 0.1) is 0 Å². The number of aliphatic hydroxyl groups is 1. The summed E-state index contributed by atoms with van der Waals surface area (Å²) >= 11 is 0. The number of carbonyl (C=O) groups excluding carboxylic acids is 1. The molecule has 4 nitrogen and oxygen atoms in total. The van der Waals surface area contributed by atoms with Gasteiger partial charge in [0.1, 0.15) is 11.4 Å². The molecule has 0 saturated heterocycles. The first-order chi connectivity index (χ1) is 10.1. The van der Waals surface area contributed by atoms with Crippen LogP contribution in [0.5, 0.6) is 5.75 Å². The van der Waals surface area contributed by atoms with Gasteiger partial charge in [-0.3, -0.25) is 4.79 Å². The Kier molecular flexibility index (Phi) is 4.17. The van der Waals surface area contributed by atoms with Crippen molar-refractivity contribution < 1.29 is 23.8 Å². The van der Waals surface area contributed by atoms with Crippen molar-refractivity contribution in [1.82, 2.24) is 0 Å². The van der Waals surface area contributed by atoms with Crippen molar-refractivity contribution in [1.29, 1.82) is 0 Å². The second-order valence-electron chi connectivity index (χ2n) is 6.29. The van der Waals surface area contributed by atoms with Crippen LogP contribution in [0, 0.1) is 6.92 Å². The number of alkyl halides is 2. The summed E-state index contributed by atoms with van der Waals surface area (Å²) in [6.07, 6.45) is 0.313. The minimum absolute atomic E-state index is 0.0208. The van der Waals surface area contributed by atoms with E-state index in [0.717, 1.165) is 0 Å². The lowest BCUT2D eigenvalue weighted by Crippen LogP contribution is -2.59. The summed E-state index contributed by atoms with van der Waals surface area (Å²) in [6, 6.07) is 2.93. The number of carbonyl (C=O) groups is 1. The van der Waals surface area contributed by atoms with Crippen molar-refractivity contribution in [2.24, 2.45) is 0 Å². The lowest BCUT2D eigenvalue weighted by atomic mass is 9.75. The quantitative estimate of drug-likeness (QED) is 0.747. The molecule has 1 fully saturated rings. The molecule has 1 amide bonds. The molecule has 0 spiro atoms. The van der Waals surface area contributed by atoms with Gasteiger partial charge < -0.3 is 15.5 Å². The van der Waals surface area contributed by atoms with E-state index in [4.69, 9.17) is 0 Å². The Labute approximate surface area is 128 Å². The van der Waals surface area contributed by atoms with Gasteiger partial charge in [0.2, 0.25) is 0 Å². The zero-order valence-corrected chi connectivity index (χ0v) is 12.9. The lowest BCUT2D eigenvalue weighted by molar-refractivity contribution is -0.212. The van der Waals surface area contributed by atoms with Gasteiger partial charge in [-0.2, -0.15) is 8.78 Å². The van der Waals surface area contributed by atoms with Crippen LogP contribution in [-0.4, -0.2) is 27.6 Å². The molecule has 0 heterocycles. The molecular weight excluding hydrogens is 292 g/mol. The third-order valence-corrected chi connectivity index (χ3v) is 4.29. The van der Waals surface area contributed by atoms with E-state index in [1.165, 1.54) is 12.1 Å². The second kappa shape index (κ2) is 5.50. The molecule has 1 aromatic rings. The lowest BCUT2D eigenvalue weighted by Gasteiger charge is -2.41. The molecule has 22 heavy (non-hydrogen) atoms. The summed E-state index contributed by atoms with van der Waals surface area (Å²) in [6.45, 7) is 5.30. The summed E-state index contributed by atoms with van der Waals surface area (Å²) in [4.78, 5) is 11.9. The van der Waals surface area contributed by atoms with Gasteiger partial charge in [0, 0.05) is 5.69 Å². The van der Waals surface area contributed by atoms with Crippen LogP contribution in [0.1, 0.15) is 50.2 Å². The summed E-state index contributed by atoms with van der Waals surface area (Å²) in [5, 5.41) is 21.8. The first-order valence-electron chi connectivity index (χ1n) is 7.33.